The predicted octanol–water partition coefficient (Wildman–Crippen LogP) is 2.11. The first-order chi connectivity index (χ1) is 16.8. The smallest absolute Gasteiger partial charge is 0.255 e. The van der Waals surface area contributed by atoms with Crippen molar-refractivity contribution in [3.05, 3.63) is 59.8 Å². The summed E-state index contributed by atoms with van der Waals surface area (Å²) < 4.78 is 28.9. The standard InChI is InChI=1S/C23H18F2N8O2/c1-12-30-19(11-33(12)16-3-14(24)2-15(25)4-16)18-7-28-22-21(31-18)17(6-27-22)23(35)29-8-20(34)32-9-13(5-26)10-32/h2-4,6-7,11,13H,8-10H2,1H3,(H,27,28)(H,29,35). The van der Waals surface area contributed by atoms with E-state index in [-0.39, 0.29) is 35.1 Å². The Morgan fingerprint density at radius 2 is 1.94 bits per heavy atom. The molecule has 4 aromatic rings. The molecule has 1 fully saturated rings. The lowest BCUT2D eigenvalue weighted by atomic mass is 10.0. The van der Waals surface area contributed by atoms with E-state index < -0.39 is 17.5 Å². The Bertz CT molecular complexity index is 1490. The Morgan fingerprint density at radius 1 is 1.20 bits per heavy atom. The van der Waals surface area contributed by atoms with Crippen LogP contribution in [0.5, 0.6) is 0 Å². The number of hydrogen-bond acceptors (Lipinski definition) is 6. The van der Waals surface area contributed by atoms with E-state index in [1.54, 1.807) is 13.1 Å². The van der Waals surface area contributed by atoms with E-state index in [2.05, 4.69) is 31.3 Å². The fraction of sp³-hybridized carbons (Fsp3) is 0.217. The van der Waals surface area contributed by atoms with Gasteiger partial charge >= 0.3 is 0 Å². The number of nitrogens with one attached hydrogen (secondary N) is 2. The predicted molar refractivity (Wildman–Crippen MR) is 119 cm³/mol. The molecule has 2 amide bonds. The molecule has 12 heteroatoms. The molecule has 176 valence electrons. The number of nitrogens with zero attached hydrogens (tertiary/aromatic N) is 6. The van der Waals surface area contributed by atoms with Crippen LogP contribution in [0.15, 0.2) is 36.8 Å². The number of aromatic nitrogens is 5. The Hall–Kier alpha value is -4.66. The van der Waals surface area contributed by atoms with Crippen LogP contribution >= 0.6 is 0 Å². The van der Waals surface area contributed by atoms with Crippen molar-refractivity contribution < 1.29 is 18.4 Å². The molecule has 3 aromatic heterocycles. The molecule has 1 aromatic carbocycles. The van der Waals surface area contributed by atoms with Crippen molar-refractivity contribution >= 4 is 23.0 Å². The molecule has 1 aliphatic heterocycles. The van der Waals surface area contributed by atoms with E-state index in [1.165, 1.54) is 34.0 Å². The van der Waals surface area contributed by atoms with Crippen molar-refractivity contribution in [3.63, 3.8) is 0 Å². The van der Waals surface area contributed by atoms with E-state index in [0.29, 0.717) is 35.9 Å². The van der Waals surface area contributed by atoms with Crippen LogP contribution in [0.25, 0.3) is 28.2 Å². The van der Waals surface area contributed by atoms with Gasteiger partial charge < -0.3 is 19.8 Å². The first-order valence-electron chi connectivity index (χ1n) is 10.6. The van der Waals surface area contributed by atoms with Crippen molar-refractivity contribution in [1.82, 2.24) is 34.7 Å². The van der Waals surface area contributed by atoms with E-state index in [4.69, 9.17) is 5.26 Å². The number of benzene rings is 1. The summed E-state index contributed by atoms with van der Waals surface area (Å²) in [5, 5.41) is 11.4. The third-order valence-corrected chi connectivity index (χ3v) is 5.71. The van der Waals surface area contributed by atoms with Gasteiger partial charge in [-0.25, -0.2) is 23.7 Å². The minimum absolute atomic E-state index is 0.163. The van der Waals surface area contributed by atoms with E-state index in [1.807, 2.05) is 0 Å². The number of imidazole rings is 1. The maximum atomic E-state index is 13.7. The van der Waals surface area contributed by atoms with E-state index >= 15 is 0 Å². The molecule has 2 N–H and O–H groups in total. The molecular formula is C23H18F2N8O2. The summed E-state index contributed by atoms with van der Waals surface area (Å²) in [7, 11) is 0. The van der Waals surface area contributed by atoms with Gasteiger partial charge in [-0.15, -0.1) is 0 Å². The zero-order chi connectivity index (χ0) is 24.7. The number of carbonyl (C=O) groups excluding carboxylic acids is 2. The fourth-order valence-electron chi connectivity index (χ4n) is 3.85. The van der Waals surface area contributed by atoms with Crippen LogP contribution in [0.3, 0.4) is 0 Å². The summed E-state index contributed by atoms with van der Waals surface area (Å²) in [4.78, 5) is 42.5. The maximum Gasteiger partial charge on any atom is 0.255 e. The molecule has 0 radical (unpaired) electrons. The molecule has 0 atom stereocenters. The third-order valence-electron chi connectivity index (χ3n) is 5.71. The number of aryl methyl sites for hydroxylation is 1. The third kappa shape index (κ3) is 4.19. The highest BCUT2D eigenvalue weighted by atomic mass is 19.1. The Morgan fingerprint density at radius 3 is 2.66 bits per heavy atom. The van der Waals surface area contributed by atoms with Crippen LogP contribution < -0.4 is 5.32 Å². The summed E-state index contributed by atoms with van der Waals surface area (Å²) in [6, 6.07) is 5.25. The Kier molecular flexibility index (Phi) is 5.44. The minimum Gasteiger partial charge on any atom is -0.344 e. The van der Waals surface area contributed by atoms with Crippen molar-refractivity contribution in [2.75, 3.05) is 19.6 Å². The molecule has 1 saturated heterocycles. The Balaban J connectivity index is 1.37. The number of H-pyrrole nitrogens is 1. The fourth-order valence-corrected chi connectivity index (χ4v) is 3.85. The topological polar surface area (TPSA) is 133 Å². The van der Waals surface area contributed by atoms with Crippen LogP contribution in [0.4, 0.5) is 8.78 Å². The zero-order valence-corrected chi connectivity index (χ0v) is 18.4. The lowest BCUT2D eigenvalue weighted by Crippen LogP contribution is -2.52. The molecule has 5 rings (SSSR count). The van der Waals surface area contributed by atoms with Gasteiger partial charge in [0.25, 0.3) is 5.91 Å². The second kappa shape index (κ2) is 8.60. The van der Waals surface area contributed by atoms with E-state index in [9.17, 15) is 18.4 Å². The Labute approximate surface area is 197 Å². The van der Waals surface area contributed by atoms with Gasteiger partial charge in [-0.2, -0.15) is 5.26 Å². The normalized spacial score (nSPS) is 13.5. The largest absolute Gasteiger partial charge is 0.344 e. The van der Waals surface area contributed by atoms with E-state index in [0.717, 1.165) is 6.07 Å². The maximum absolute atomic E-state index is 13.7. The van der Waals surface area contributed by atoms with Crippen LogP contribution in [-0.2, 0) is 4.79 Å². The molecule has 0 unspecified atom stereocenters. The number of rotatable bonds is 5. The van der Waals surface area contributed by atoms with Crippen LogP contribution in [0.2, 0.25) is 0 Å². The number of amides is 2. The highest BCUT2D eigenvalue weighted by Gasteiger charge is 2.30. The lowest BCUT2D eigenvalue weighted by molar-refractivity contribution is -0.135. The summed E-state index contributed by atoms with van der Waals surface area (Å²) in [6.07, 6.45) is 4.49. The van der Waals surface area contributed by atoms with Gasteiger partial charge in [0.05, 0.1) is 36.0 Å². The number of nitriles is 1. The van der Waals surface area contributed by atoms with Crippen LogP contribution in [-0.4, -0.2) is 60.9 Å². The summed E-state index contributed by atoms with van der Waals surface area (Å²) in [5.41, 5.74) is 1.86. The summed E-state index contributed by atoms with van der Waals surface area (Å²) in [6.45, 7) is 2.20. The van der Waals surface area contributed by atoms with Gasteiger partial charge in [0.2, 0.25) is 5.91 Å². The highest BCUT2D eigenvalue weighted by Crippen LogP contribution is 2.23. The molecule has 4 heterocycles. The van der Waals surface area contributed by atoms with Crippen molar-refractivity contribution in [2.24, 2.45) is 5.92 Å². The van der Waals surface area contributed by atoms with Crippen LogP contribution in [0, 0.1) is 35.8 Å². The van der Waals surface area contributed by atoms with Crippen LogP contribution in [0.1, 0.15) is 16.2 Å². The van der Waals surface area contributed by atoms with Gasteiger partial charge in [-0.3, -0.25) is 9.59 Å². The average molecular weight is 476 g/mol. The molecule has 0 spiro atoms. The second-order valence-electron chi connectivity index (χ2n) is 8.13. The molecule has 0 bridgehead atoms. The first-order valence-corrected chi connectivity index (χ1v) is 10.6. The molecule has 1 aliphatic rings. The SMILES string of the molecule is Cc1nc(-c2cnc3[nH]cc(C(=O)NCC(=O)N4CC(C#N)C4)c3n2)cn1-c1cc(F)cc(F)c1. The lowest BCUT2D eigenvalue weighted by Gasteiger charge is -2.35. The monoisotopic (exact) mass is 476 g/mol. The molecular weight excluding hydrogens is 458 g/mol. The molecule has 10 nitrogen and oxygen atoms in total. The van der Waals surface area contributed by atoms with Crippen molar-refractivity contribution in [1.29, 1.82) is 5.26 Å². The highest BCUT2D eigenvalue weighted by molar-refractivity contribution is 6.05. The number of aromatic amines is 1. The first kappa shape index (κ1) is 22.1. The summed E-state index contributed by atoms with van der Waals surface area (Å²) >= 11 is 0. The summed E-state index contributed by atoms with van der Waals surface area (Å²) in [5.74, 6) is -1.89. The van der Waals surface area contributed by atoms with Gasteiger partial charge in [0.1, 0.15) is 34.4 Å². The number of carbonyl (C=O) groups is 2. The van der Waals surface area contributed by atoms with Gasteiger partial charge in [0, 0.05) is 31.5 Å². The van der Waals surface area contributed by atoms with Crippen molar-refractivity contribution in [3.8, 4) is 23.1 Å². The number of fused-ring (bicyclic) bond motifs is 1. The van der Waals surface area contributed by atoms with Gasteiger partial charge in [0.15, 0.2) is 5.65 Å². The number of halogens is 2. The molecule has 35 heavy (non-hydrogen) atoms. The second-order valence-corrected chi connectivity index (χ2v) is 8.13. The quantitative estimate of drug-likeness (QED) is 0.453. The minimum atomic E-state index is -0.712. The molecule has 0 saturated carbocycles. The molecule has 0 aliphatic carbocycles. The van der Waals surface area contributed by atoms with Gasteiger partial charge in [-0.1, -0.05) is 0 Å². The number of likely N-dealkylation sites (tertiary alicyclic amines) is 1. The van der Waals surface area contributed by atoms with Crippen molar-refractivity contribution in [2.45, 2.75) is 6.92 Å². The average Bonchev–Trinajstić information content (AvgIpc) is 3.39. The zero-order valence-electron chi connectivity index (χ0n) is 18.4. The van der Waals surface area contributed by atoms with Gasteiger partial charge in [-0.05, 0) is 19.1 Å². The number of hydrogen-bond donors (Lipinski definition) is 2.